The van der Waals surface area contributed by atoms with Crippen molar-refractivity contribution in [3.63, 3.8) is 0 Å². The maximum Gasteiger partial charge on any atom is 0.422 e. The maximum absolute atomic E-state index is 14.5. The summed E-state index contributed by atoms with van der Waals surface area (Å²) in [5.41, 5.74) is 0.192. The highest BCUT2D eigenvalue weighted by molar-refractivity contribution is 5.88. The second-order valence-corrected chi connectivity index (χ2v) is 6.44. The van der Waals surface area contributed by atoms with E-state index in [0.717, 1.165) is 18.2 Å². The minimum Gasteiger partial charge on any atom is -0.364 e. The molecule has 2 aromatic rings. The van der Waals surface area contributed by atoms with Gasteiger partial charge in [0.2, 0.25) is 0 Å². The second kappa shape index (κ2) is 6.37. The predicted octanol–water partition coefficient (Wildman–Crippen LogP) is 5.58. The quantitative estimate of drug-likeness (QED) is 0.766. The van der Waals surface area contributed by atoms with Crippen molar-refractivity contribution in [2.75, 3.05) is 7.11 Å². The molecular weight excluding hydrogens is 327 g/mol. The summed E-state index contributed by atoms with van der Waals surface area (Å²) in [6.07, 6.45) is 4.74. The van der Waals surface area contributed by atoms with Gasteiger partial charge in [-0.25, -0.2) is 0 Å². The summed E-state index contributed by atoms with van der Waals surface area (Å²) < 4.78 is 48.9. The molecule has 1 aromatic carbocycles. The van der Waals surface area contributed by atoms with Gasteiger partial charge in [-0.3, -0.25) is 0 Å². The van der Waals surface area contributed by atoms with E-state index in [2.05, 4.69) is 4.98 Å². The molecule has 1 aliphatic carbocycles. The van der Waals surface area contributed by atoms with Gasteiger partial charge in [-0.2, -0.15) is 13.2 Å². The van der Waals surface area contributed by atoms with Crippen LogP contribution in [0, 0.1) is 12.8 Å². The Balaban J connectivity index is 2.40. The van der Waals surface area contributed by atoms with Gasteiger partial charge in [0.1, 0.15) is 0 Å². The number of fused-ring (bicyclic) bond motifs is 1. The van der Waals surface area contributed by atoms with Crippen LogP contribution < -0.4 is 0 Å². The van der Waals surface area contributed by atoms with Crippen LogP contribution in [0.25, 0.3) is 10.9 Å². The maximum atomic E-state index is 14.5. The molecule has 0 saturated carbocycles. The zero-order chi connectivity index (χ0) is 18.2. The Morgan fingerprint density at radius 3 is 2.60 bits per heavy atom. The smallest absolute Gasteiger partial charge is 0.364 e. The number of aromatic amines is 1. The van der Waals surface area contributed by atoms with Gasteiger partial charge in [-0.1, -0.05) is 37.3 Å². The highest BCUT2D eigenvalue weighted by Crippen LogP contribution is 2.52. The molecule has 1 heterocycles. The van der Waals surface area contributed by atoms with Gasteiger partial charge >= 0.3 is 6.18 Å². The van der Waals surface area contributed by atoms with Crippen molar-refractivity contribution in [2.24, 2.45) is 5.92 Å². The minimum absolute atomic E-state index is 0.233. The number of allylic oxidation sites excluding steroid dienone is 3. The summed E-state index contributed by atoms with van der Waals surface area (Å²) in [5.74, 6) is -0.811. The van der Waals surface area contributed by atoms with Gasteiger partial charge in [-0.05, 0) is 37.0 Å². The van der Waals surface area contributed by atoms with Gasteiger partial charge in [0.15, 0.2) is 5.60 Å². The summed E-state index contributed by atoms with van der Waals surface area (Å²) in [6.45, 7) is 3.79. The van der Waals surface area contributed by atoms with Gasteiger partial charge in [0.25, 0.3) is 0 Å². The molecule has 25 heavy (non-hydrogen) atoms. The summed E-state index contributed by atoms with van der Waals surface area (Å²) >= 11 is 0. The SMILES string of the molecule is CCc1cc(C)c2[nH]ccc2c1C(OC)(C1C=CC=CC1)C(F)(F)F. The fraction of sp³-hybridized carbons (Fsp3) is 0.400. The molecule has 5 heteroatoms. The molecule has 2 nitrogen and oxygen atoms in total. The first-order valence-electron chi connectivity index (χ1n) is 8.42. The second-order valence-electron chi connectivity index (χ2n) is 6.44. The Morgan fingerprint density at radius 2 is 2.04 bits per heavy atom. The molecule has 134 valence electrons. The van der Waals surface area contributed by atoms with Crippen LogP contribution in [0.3, 0.4) is 0 Å². The first kappa shape index (κ1) is 17.8. The molecule has 2 atom stereocenters. The number of aryl methyl sites for hydroxylation is 2. The van der Waals surface area contributed by atoms with Gasteiger partial charge in [0.05, 0.1) is 0 Å². The molecule has 0 saturated heterocycles. The van der Waals surface area contributed by atoms with Crippen LogP contribution in [0.2, 0.25) is 0 Å². The van der Waals surface area contributed by atoms with Crippen molar-refractivity contribution in [1.29, 1.82) is 0 Å². The van der Waals surface area contributed by atoms with E-state index in [4.69, 9.17) is 4.74 Å². The number of methoxy groups -OCH3 is 1. The molecule has 2 unspecified atom stereocenters. The zero-order valence-electron chi connectivity index (χ0n) is 14.6. The molecule has 3 rings (SSSR count). The number of ether oxygens (including phenoxy) is 1. The molecule has 1 aliphatic rings. The first-order valence-corrected chi connectivity index (χ1v) is 8.42. The van der Waals surface area contributed by atoms with Crippen LogP contribution in [-0.2, 0) is 16.8 Å². The largest absolute Gasteiger partial charge is 0.422 e. The normalized spacial score (nSPS) is 20.2. The van der Waals surface area contributed by atoms with E-state index < -0.39 is 17.7 Å². The predicted molar refractivity (Wildman–Crippen MR) is 93.5 cm³/mol. The standard InChI is InChI=1S/C20H22F3NO/c1-4-14-12-13(2)18-16(10-11-24-18)17(14)19(25-3,20(21,22)23)15-8-6-5-7-9-15/h5-8,10-12,15,24H,4,9H2,1-3H3. The van der Waals surface area contributed by atoms with E-state index in [1.807, 2.05) is 19.9 Å². The Labute approximate surface area is 145 Å². The van der Waals surface area contributed by atoms with Crippen LogP contribution in [0.1, 0.15) is 30.0 Å². The summed E-state index contributed by atoms with van der Waals surface area (Å²) in [7, 11) is 1.16. The summed E-state index contributed by atoms with van der Waals surface area (Å²) in [4.78, 5) is 3.08. The molecule has 0 radical (unpaired) electrons. The van der Waals surface area contributed by atoms with Crippen LogP contribution in [0.5, 0.6) is 0 Å². The Bertz CT molecular complexity index is 831. The number of rotatable bonds is 4. The topological polar surface area (TPSA) is 25.0 Å². The lowest BCUT2D eigenvalue weighted by Gasteiger charge is -2.42. The van der Waals surface area contributed by atoms with Crippen LogP contribution >= 0.6 is 0 Å². The molecule has 0 spiro atoms. The lowest BCUT2D eigenvalue weighted by molar-refractivity contribution is -0.291. The molecule has 1 N–H and O–H groups in total. The fourth-order valence-electron chi connectivity index (χ4n) is 3.99. The number of H-pyrrole nitrogens is 1. The lowest BCUT2D eigenvalue weighted by Crippen LogP contribution is -2.50. The van der Waals surface area contributed by atoms with E-state index in [1.165, 1.54) is 0 Å². The highest BCUT2D eigenvalue weighted by atomic mass is 19.4. The van der Waals surface area contributed by atoms with Crippen molar-refractivity contribution in [2.45, 2.75) is 38.5 Å². The van der Waals surface area contributed by atoms with Crippen molar-refractivity contribution in [3.05, 3.63) is 59.3 Å². The number of alkyl halides is 3. The number of aromatic nitrogens is 1. The van der Waals surface area contributed by atoms with Gasteiger partial charge in [-0.15, -0.1) is 0 Å². The number of benzene rings is 1. The third-order valence-corrected chi connectivity index (χ3v) is 5.12. The van der Waals surface area contributed by atoms with E-state index >= 15 is 0 Å². The number of hydrogen-bond donors (Lipinski definition) is 1. The monoisotopic (exact) mass is 349 g/mol. The molecule has 0 amide bonds. The minimum atomic E-state index is -4.55. The lowest BCUT2D eigenvalue weighted by atomic mass is 9.73. The number of hydrogen-bond acceptors (Lipinski definition) is 1. The Morgan fingerprint density at radius 1 is 1.28 bits per heavy atom. The highest BCUT2D eigenvalue weighted by Gasteiger charge is 2.61. The fourth-order valence-corrected chi connectivity index (χ4v) is 3.99. The number of nitrogens with one attached hydrogen (secondary N) is 1. The van der Waals surface area contributed by atoms with Gasteiger partial charge < -0.3 is 9.72 Å². The van der Waals surface area contributed by atoms with Crippen molar-refractivity contribution < 1.29 is 17.9 Å². The molecular formula is C20H22F3NO. The Kier molecular flexibility index (Phi) is 4.54. The average molecular weight is 349 g/mol. The van der Waals surface area contributed by atoms with Crippen molar-refractivity contribution >= 4 is 10.9 Å². The van der Waals surface area contributed by atoms with Crippen LogP contribution in [0.4, 0.5) is 13.2 Å². The average Bonchev–Trinajstić information content (AvgIpc) is 3.07. The van der Waals surface area contributed by atoms with Crippen LogP contribution in [-0.4, -0.2) is 18.3 Å². The van der Waals surface area contributed by atoms with Crippen LogP contribution in [0.15, 0.2) is 42.6 Å². The van der Waals surface area contributed by atoms with E-state index in [9.17, 15) is 13.2 Å². The molecule has 0 fully saturated rings. The third-order valence-electron chi connectivity index (χ3n) is 5.12. The summed E-state index contributed by atoms with van der Waals surface area (Å²) in [5, 5.41) is 0.582. The van der Waals surface area contributed by atoms with E-state index in [1.54, 1.807) is 36.6 Å². The first-order chi connectivity index (χ1) is 11.9. The van der Waals surface area contributed by atoms with E-state index in [-0.39, 0.29) is 12.0 Å². The summed E-state index contributed by atoms with van der Waals surface area (Å²) in [6, 6.07) is 3.56. The van der Waals surface area contributed by atoms with Gasteiger partial charge in [0, 0.05) is 35.7 Å². The molecule has 1 aromatic heterocycles. The number of halogens is 3. The zero-order valence-corrected chi connectivity index (χ0v) is 14.6. The molecule has 0 bridgehead atoms. The van der Waals surface area contributed by atoms with E-state index in [0.29, 0.717) is 17.4 Å². The third kappa shape index (κ3) is 2.61. The Hall–Kier alpha value is -2.01. The van der Waals surface area contributed by atoms with Crippen molar-refractivity contribution in [1.82, 2.24) is 4.98 Å². The molecule has 0 aliphatic heterocycles. The van der Waals surface area contributed by atoms with Crippen molar-refractivity contribution in [3.8, 4) is 0 Å².